The van der Waals surface area contributed by atoms with E-state index in [-0.39, 0.29) is 24.0 Å². The summed E-state index contributed by atoms with van der Waals surface area (Å²) in [6.07, 6.45) is 4.96. The summed E-state index contributed by atoms with van der Waals surface area (Å²) in [5.41, 5.74) is 2.08. The zero-order chi connectivity index (χ0) is 28.7. The summed E-state index contributed by atoms with van der Waals surface area (Å²) in [5.74, 6) is 0.353. The van der Waals surface area contributed by atoms with Crippen LogP contribution in [0.1, 0.15) is 60.9 Å². The first-order chi connectivity index (χ1) is 20.3. The van der Waals surface area contributed by atoms with Crippen molar-refractivity contribution in [2.24, 2.45) is 0 Å². The summed E-state index contributed by atoms with van der Waals surface area (Å²) in [4.78, 5) is 39.1. The molecule has 4 saturated heterocycles. The van der Waals surface area contributed by atoms with Crippen LogP contribution in [0.4, 0.5) is 15.0 Å². The average molecular weight is 597 g/mol. The van der Waals surface area contributed by atoms with Crippen LogP contribution in [0, 0.1) is 0 Å². The number of carbonyl (C=O) groups excluding carboxylic acids is 2. The number of hydrogen-bond donors (Lipinski definition) is 2. The standard InChI is InChI=1S/C30H34ClFN6O4/c31-22-5-1-4-21-19(22)6-9-30(21)13-23-20(15-42-30)24(37-10-3-8-29(16-37)25(39)35-26(40)36-29)34-27(33-23)41-17-28-7-2-11-38(28)14-18(32)12-28/h1,4-5,18H,2-3,6-17H2,(H2,35,36,39,40)/t18-,28+,29?,30?/m1/s1. The number of benzene rings is 1. The number of rotatable bonds is 4. The molecule has 6 aliphatic rings. The van der Waals surface area contributed by atoms with Crippen molar-refractivity contribution in [3.05, 3.63) is 45.6 Å². The van der Waals surface area contributed by atoms with Crippen molar-refractivity contribution in [2.45, 2.75) is 80.8 Å². The monoisotopic (exact) mass is 596 g/mol. The van der Waals surface area contributed by atoms with Gasteiger partial charge in [-0.25, -0.2) is 9.18 Å². The Morgan fingerprint density at radius 2 is 2.02 bits per heavy atom. The lowest BCUT2D eigenvalue weighted by Gasteiger charge is -2.41. The molecule has 8 rings (SSSR count). The summed E-state index contributed by atoms with van der Waals surface area (Å²) in [6, 6.07) is 5.77. The van der Waals surface area contributed by atoms with Gasteiger partial charge in [-0.2, -0.15) is 9.97 Å². The predicted octanol–water partition coefficient (Wildman–Crippen LogP) is 3.18. The second-order valence-corrected chi connectivity index (χ2v) is 13.3. The van der Waals surface area contributed by atoms with Crippen LogP contribution in [-0.2, 0) is 34.6 Å². The second-order valence-electron chi connectivity index (χ2n) is 12.9. The number of amides is 3. The van der Waals surface area contributed by atoms with Gasteiger partial charge >= 0.3 is 12.0 Å². The molecule has 1 aliphatic carbocycles. The van der Waals surface area contributed by atoms with E-state index in [4.69, 9.17) is 31.0 Å². The van der Waals surface area contributed by atoms with Gasteiger partial charge in [-0.05, 0) is 62.3 Å². The number of aromatic nitrogens is 2. The van der Waals surface area contributed by atoms with Gasteiger partial charge in [0.15, 0.2) is 0 Å². The largest absolute Gasteiger partial charge is 0.461 e. The van der Waals surface area contributed by atoms with Crippen LogP contribution in [0.2, 0.25) is 5.02 Å². The van der Waals surface area contributed by atoms with Crippen molar-refractivity contribution in [2.75, 3.05) is 37.7 Å². The van der Waals surface area contributed by atoms with Crippen molar-refractivity contribution < 1.29 is 23.5 Å². The minimum Gasteiger partial charge on any atom is -0.461 e. The maximum absolute atomic E-state index is 14.4. The van der Waals surface area contributed by atoms with Crippen LogP contribution in [0.25, 0.3) is 0 Å². The molecule has 4 fully saturated rings. The number of ether oxygens (including phenoxy) is 2. The molecular formula is C30H34ClFN6O4. The van der Waals surface area contributed by atoms with Crippen molar-refractivity contribution in [3.63, 3.8) is 0 Å². The molecule has 0 saturated carbocycles. The molecule has 3 amide bonds. The van der Waals surface area contributed by atoms with Crippen LogP contribution in [0.15, 0.2) is 18.2 Å². The number of alkyl halides is 1. The van der Waals surface area contributed by atoms with E-state index >= 15 is 0 Å². The van der Waals surface area contributed by atoms with Gasteiger partial charge in [-0.15, -0.1) is 0 Å². The van der Waals surface area contributed by atoms with Crippen LogP contribution >= 0.6 is 11.6 Å². The second kappa shape index (κ2) is 9.49. The Labute approximate surface area is 248 Å². The number of imide groups is 1. The summed E-state index contributed by atoms with van der Waals surface area (Å²) < 4.78 is 27.5. The number of urea groups is 1. The van der Waals surface area contributed by atoms with Crippen LogP contribution in [0.5, 0.6) is 6.01 Å². The molecule has 5 aliphatic heterocycles. The first-order valence-corrected chi connectivity index (χ1v) is 15.4. The van der Waals surface area contributed by atoms with Crippen LogP contribution in [0.3, 0.4) is 0 Å². The van der Waals surface area contributed by atoms with Gasteiger partial charge in [0.05, 0.1) is 30.0 Å². The molecule has 0 radical (unpaired) electrons. The maximum atomic E-state index is 14.4. The Hall–Kier alpha value is -3.02. The van der Waals surface area contributed by atoms with Crippen LogP contribution < -0.4 is 20.3 Å². The highest BCUT2D eigenvalue weighted by molar-refractivity contribution is 6.31. The highest BCUT2D eigenvalue weighted by Gasteiger charge is 2.51. The maximum Gasteiger partial charge on any atom is 0.322 e. The molecule has 2 N–H and O–H groups in total. The number of nitrogens with one attached hydrogen (secondary N) is 2. The van der Waals surface area contributed by atoms with E-state index in [0.29, 0.717) is 57.8 Å². The Balaban J connectivity index is 1.16. The predicted molar refractivity (Wildman–Crippen MR) is 151 cm³/mol. The number of fused-ring (bicyclic) bond motifs is 4. The molecule has 1 aromatic heterocycles. The molecule has 2 aromatic rings. The first-order valence-electron chi connectivity index (χ1n) is 15.0. The lowest BCUT2D eigenvalue weighted by Crippen LogP contribution is -2.59. The molecule has 2 spiro atoms. The lowest BCUT2D eigenvalue weighted by atomic mass is 9.86. The molecule has 10 nitrogen and oxygen atoms in total. The van der Waals surface area contributed by atoms with E-state index in [1.54, 1.807) is 0 Å². The quantitative estimate of drug-likeness (QED) is 0.518. The van der Waals surface area contributed by atoms with E-state index in [1.165, 1.54) is 0 Å². The number of hydrogen-bond acceptors (Lipinski definition) is 8. The van der Waals surface area contributed by atoms with Crippen molar-refractivity contribution >= 4 is 29.4 Å². The fourth-order valence-electron chi connectivity index (χ4n) is 8.38. The van der Waals surface area contributed by atoms with Gasteiger partial charge in [0, 0.05) is 36.5 Å². The highest BCUT2D eigenvalue weighted by atomic mass is 35.5. The molecule has 222 valence electrons. The van der Waals surface area contributed by atoms with Gasteiger partial charge in [0.1, 0.15) is 24.1 Å². The molecule has 6 heterocycles. The number of anilines is 1. The normalized spacial score (nSPS) is 33.6. The summed E-state index contributed by atoms with van der Waals surface area (Å²) >= 11 is 6.56. The highest BCUT2D eigenvalue weighted by Crippen LogP contribution is 2.49. The smallest absolute Gasteiger partial charge is 0.322 e. The van der Waals surface area contributed by atoms with E-state index in [1.807, 2.05) is 12.1 Å². The third-order valence-corrected chi connectivity index (χ3v) is 10.8. The van der Waals surface area contributed by atoms with Gasteiger partial charge in [-0.3, -0.25) is 15.0 Å². The zero-order valence-corrected chi connectivity index (χ0v) is 24.1. The fraction of sp³-hybridized carbons (Fsp3) is 0.600. The number of halogens is 2. The molecule has 4 atom stereocenters. The minimum atomic E-state index is -1.00. The molecule has 12 heteroatoms. The van der Waals surface area contributed by atoms with Crippen LogP contribution in [-0.4, -0.2) is 76.8 Å². The SMILES string of the molecule is O=C1NC(=O)C2(CCCN(c3nc(OC[C@@]45CCCN4C[C@H](F)C5)nc4c3COC3(CCc5c(Cl)cccc53)C4)C2)N1. The van der Waals surface area contributed by atoms with E-state index in [2.05, 4.69) is 26.5 Å². The van der Waals surface area contributed by atoms with Gasteiger partial charge in [-0.1, -0.05) is 23.7 Å². The van der Waals surface area contributed by atoms with Crippen molar-refractivity contribution in [3.8, 4) is 6.01 Å². The molecule has 42 heavy (non-hydrogen) atoms. The Bertz CT molecular complexity index is 1490. The fourth-order valence-corrected chi connectivity index (χ4v) is 8.65. The Kier molecular flexibility index (Phi) is 6.01. The van der Waals surface area contributed by atoms with Gasteiger partial charge in [0.25, 0.3) is 5.91 Å². The van der Waals surface area contributed by atoms with Crippen molar-refractivity contribution in [1.29, 1.82) is 0 Å². The summed E-state index contributed by atoms with van der Waals surface area (Å²) in [5, 5.41) is 6.02. The first kappa shape index (κ1) is 26.6. The topological polar surface area (TPSA) is 109 Å². The lowest BCUT2D eigenvalue weighted by molar-refractivity contribution is -0.124. The van der Waals surface area contributed by atoms with Crippen molar-refractivity contribution in [1.82, 2.24) is 25.5 Å². The van der Waals surface area contributed by atoms with Gasteiger partial charge < -0.3 is 19.7 Å². The zero-order valence-electron chi connectivity index (χ0n) is 23.4. The Morgan fingerprint density at radius 3 is 2.88 bits per heavy atom. The molecule has 2 unspecified atom stereocenters. The van der Waals surface area contributed by atoms with E-state index in [9.17, 15) is 14.0 Å². The number of nitrogens with zero attached hydrogens (tertiary/aromatic N) is 4. The van der Waals surface area contributed by atoms with E-state index in [0.717, 1.165) is 59.6 Å². The third kappa shape index (κ3) is 4.03. The molecular weight excluding hydrogens is 563 g/mol. The Morgan fingerprint density at radius 1 is 1.14 bits per heavy atom. The summed E-state index contributed by atoms with van der Waals surface area (Å²) in [7, 11) is 0. The molecule has 1 aromatic carbocycles. The molecule has 0 bridgehead atoms. The summed E-state index contributed by atoms with van der Waals surface area (Å²) in [6.45, 7) is 2.92. The number of carbonyl (C=O) groups is 2. The minimum absolute atomic E-state index is 0.258. The third-order valence-electron chi connectivity index (χ3n) is 10.4. The number of piperidine rings is 1. The van der Waals surface area contributed by atoms with Gasteiger partial charge in [0.2, 0.25) is 0 Å². The average Bonchev–Trinajstić information content (AvgIpc) is 3.68. The van der Waals surface area contributed by atoms with E-state index < -0.39 is 23.3 Å².